The summed E-state index contributed by atoms with van der Waals surface area (Å²) in [6, 6.07) is 9.00. The number of hydrogen-bond donors (Lipinski definition) is 1. The fourth-order valence-corrected chi connectivity index (χ4v) is 6.29. The molecule has 2 aliphatic rings. The Hall–Kier alpha value is -3.46. The summed E-state index contributed by atoms with van der Waals surface area (Å²) in [5, 5.41) is 10.9. The van der Waals surface area contributed by atoms with Crippen molar-refractivity contribution < 1.29 is 31.2 Å². The molecule has 0 spiro atoms. The second-order valence-corrected chi connectivity index (χ2v) is 11.1. The molecule has 8 nitrogen and oxygen atoms in total. The first kappa shape index (κ1) is 25.6. The topological polar surface area (TPSA) is 120 Å². The minimum absolute atomic E-state index is 0.00439. The zero-order chi connectivity index (χ0) is 26.1. The number of nitriles is 1. The Labute approximate surface area is 206 Å². The molecule has 4 rings (SSSR count). The normalized spacial score (nSPS) is 21.9. The van der Waals surface area contributed by atoms with Crippen LogP contribution in [0.5, 0.6) is 0 Å². The quantitative estimate of drug-likeness (QED) is 0.625. The van der Waals surface area contributed by atoms with Gasteiger partial charge >= 0.3 is 6.18 Å². The van der Waals surface area contributed by atoms with E-state index in [-0.39, 0.29) is 35.8 Å². The maximum Gasteiger partial charge on any atom is 0.433 e. The van der Waals surface area contributed by atoms with Crippen molar-refractivity contribution in [3.05, 3.63) is 59.4 Å². The number of aromatic nitrogens is 1. The Bertz CT molecular complexity index is 1300. The SMILES string of the molecule is N#CC1CC(S(=O)(=O)c2cccc(C(=O)N3CCCC3C(=O)NCc3ccc(C(F)(F)F)nc3)c2)C1. The van der Waals surface area contributed by atoms with E-state index in [1.807, 2.05) is 0 Å². The van der Waals surface area contributed by atoms with Crippen molar-refractivity contribution in [3.8, 4) is 6.07 Å². The van der Waals surface area contributed by atoms with E-state index in [9.17, 15) is 31.2 Å². The van der Waals surface area contributed by atoms with Gasteiger partial charge in [0.2, 0.25) is 5.91 Å². The molecule has 2 fully saturated rings. The Balaban J connectivity index is 1.42. The highest BCUT2D eigenvalue weighted by Crippen LogP contribution is 2.36. The van der Waals surface area contributed by atoms with Gasteiger partial charge < -0.3 is 10.2 Å². The third-order valence-electron chi connectivity index (χ3n) is 6.52. The maximum atomic E-state index is 13.2. The number of carbonyl (C=O) groups is 2. The molecule has 1 aromatic carbocycles. The number of nitrogens with one attached hydrogen (secondary N) is 1. The lowest BCUT2D eigenvalue weighted by molar-refractivity contribution is -0.141. The van der Waals surface area contributed by atoms with Gasteiger partial charge in [-0.2, -0.15) is 18.4 Å². The highest BCUT2D eigenvalue weighted by atomic mass is 32.2. The zero-order valence-electron chi connectivity index (χ0n) is 19.0. The molecule has 0 radical (unpaired) electrons. The van der Waals surface area contributed by atoms with Gasteiger partial charge in [-0.25, -0.2) is 8.42 Å². The summed E-state index contributed by atoms with van der Waals surface area (Å²) in [6.07, 6.45) is -2.02. The second kappa shape index (κ2) is 9.89. The molecule has 1 saturated carbocycles. The largest absolute Gasteiger partial charge is 0.433 e. The lowest BCUT2D eigenvalue weighted by atomic mass is 9.86. The van der Waals surface area contributed by atoms with Gasteiger partial charge in [0.1, 0.15) is 11.7 Å². The van der Waals surface area contributed by atoms with E-state index in [0.717, 1.165) is 12.3 Å². The Kier molecular flexibility index (Phi) is 7.04. The third kappa shape index (κ3) is 5.21. The van der Waals surface area contributed by atoms with Crippen molar-refractivity contribution in [2.75, 3.05) is 6.54 Å². The van der Waals surface area contributed by atoms with Crippen LogP contribution >= 0.6 is 0 Å². The highest BCUT2D eigenvalue weighted by Gasteiger charge is 2.40. The summed E-state index contributed by atoms with van der Waals surface area (Å²) in [6.45, 7) is 0.253. The standard InChI is InChI=1S/C24H23F3N4O4S/c25-24(26,27)21-7-6-15(13-29-21)14-30-22(32)20-5-2-8-31(20)23(33)17-3-1-4-18(11-17)36(34,35)19-9-16(10-19)12-28/h1,3-4,6-7,11,13,16,19-20H,2,5,8-10,14H2,(H,30,32). The van der Waals surface area contributed by atoms with Crippen LogP contribution in [-0.2, 0) is 27.4 Å². The lowest BCUT2D eigenvalue weighted by Gasteiger charge is -2.30. The molecule has 1 unspecified atom stereocenters. The van der Waals surface area contributed by atoms with Crippen molar-refractivity contribution in [1.82, 2.24) is 15.2 Å². The fraction of sp³-hybridized carbons (Fsp3) is 0.417. The molecule has 1 aliphatic carbocycles. The van der Waals surface area contributed by atoms with Crippen molar-refractivity contribution in [2.45, 2.75) is 54.6 Å². The van der Waals surface area contributed by atoms with E-state index in [1.165, 1.54) is 35.2 Å². The number of amides is 2. The van der Waals surface area contributed by atoms with E-state index in [2.05, 4.69) is 16.4 Å². The van der Waals surface area contributed by atoms with Crippen LogP contribution in [0.25, 0.3) is 0 Å². The first-order valence-electron chi connectivity index (χ1n) is 11.3. The number of likely N-dealkylation sites (tertiary alicyclic amines) is 1. The summed E-state index contributed by atoms with van der Waals surface area (Å²) in [7, 11) is -3.68. The van der Waals surface area contributed by atoms with Crippen LogP contribution in [-0.4, -0.2) is 48.0 Å². The van der Waals surface area contributed by atoms with Gasteiger partial charge in [-0.15, -0.1) is 0 Å². The van der Waals surface area contributed by atoms with Crippen LogP contribution in [0.2, 0.25) is 0 Å². The molecule has 36 heavy (non-hydrogen) atoms. The number of rotatable bonds is 6. The van der Waals surface area contributed by atoms with Gasteiger partial charge in [0.25, 0.3) is 5.91 Å². The molecule has 1 atom stereocenters. The van der Waals surface area contributed by atoms with Gasteiger partial charge in [0.05, 0.1) is 16.2 Å². The lowest BCUT2D eigenvalue weighted by Crippen LogP contribution is -2.45. The molecule has 1 aromatic heterocycles. The average molecular weight is 521 g/mol. The first-order valence-corrected chi connectivity index (χ1v) is 12.9. The van der Waals surface area contributed by atoms with Crippen molar-refractivity contribution in [1.29, 1.82) is 5.26 Å². The number of sulfone groups is 1. The van der Waals surface area contributed by atoms with Gasteiger partial charge in [-0.1, -0.05) is 12.1 Å². The molecular formula is C24H23F3N4O4S. The molecule has 0 bridgehead atoms. The molecule has 2 aromatic rings. The van der Waals surface area contributed by atoms with Gasteiger partial charge in [-0.3, -0.25) is 14.6 Å². The molecule has 1 saturated heterocycles. The van der Waals surface area contributed by atoms with Crippen LogP contribution < -0.4 is 5.32 Å². The molecule has 190 valence electrons. The molecule has 2 heterocycles. The van der Waals surface area contributed by atoms with Crippen LogP contribution in [0.3, 0.4) is 0 Å². The minimum Gasteiger partial charge on any atom is -0.350 e. The predicted molar refractivity (Wildman–Crippen MR) is 121 cm³/mol. The summed E-state index contributed by atoms with van der Waals surface area (Å²) in [4.78, 5) is 30.7. The van der Waals surface area contributed by atoms with E-state index in [4.69, 9.17) is 5.26 Å². The Morgan fingerprint density at radius 2 is 1.94 bits per heavy atom. The number of pyridine rings is 1. The first-order chi connectivity index (χ1) is 17.0. The van der Waals surface area contributed by atoms with Gasteiger partial charge in [0, 0.05) is 30.8 Å². The van der Waals surface area contributed by atoms with Gasteiger partial charge in [0.15, 0.2) is 9.84 Å². The Morgan fingerprint density at radius 3 is 2.58 bits per heavy atom. The summed E-state index contributed by atoms with van der Waals surface area (Å²) in [5.74, 6) is -1.22. The Morgan fingerprint density at radius 1 is 1.19 bits per heavy atom. The van der Waals surface area contributed by atoms with Gasteiger partial charge in [-0.05, 0) is 55.5 Å². The van der Waals surface area contributed by atoms with Crippen molar-refractivity contribution >= 4 is 21.7 Å². The van der Waals surface area contributed by atoms with Crippen LogP contribution in [0.15, 0.2) is 47.5 Å². The molecular weight excluding hydrogens is 497 g/mol. The van der Waals surface area contributed by atoms with E-state index in [0.29, 0.717) is 24.9 Å². The van der Waals surface area contributed by atoms with Crippen LogP contribution in [0, 0.1) is 17.2 Å². The minimum atomic E-state index is -4.56. The van der Waals surface area contributed by atoms with Crippen molar-refractivity contribution in [2.24, 2.45) is 5.92 Å². The van der Waals surface area contributed by atoms with Crippen molar-refractivity contribution in [3.63, 3.8) is 0 Å². The number of benzene rings is 1. The predicted octanol–water partition coefficient (Wildman–Crippen LogP) is 3.10. The van der Waals surface area contributed by atoms with Crippen LogP contribution in [0.4, 0.5) is 13.2 Å². The highest BCUT2D eigenvalue weighted by molar-refractivity contribution is 7.92. The number of alkyl halides is 3. The fourth-order valence-electron chi connectivity index (χ4n) is 4.37. The van der Waals surface area contributed by atoms with Crippen LogP contribution in [0.1, 0.15) is 47.3 Å². The average Bonchev–Trinajstić information content (AvgIpc) is 3.31. The number of hydrogen-bond acceptors (Lipinski definition) is 6. The van der Waals surface area contributed by atoms with E-state index in [1.54, 1.807) is 0 Å². The summed E-state index contributed by atoms with van der Waals surface area (Å²) >= 11 is 0. The van der Waals surface area contributed by atoms with E-state index < -0.39 is 44.8 Å². The smallest absolute Gasteiger partial charge is 0.350 e. The maximum absolute atomic E-state index is 13.2. The number of halogens is 3. The molecule has 1 N–H and O–H groups in total. The zero-order valence-corrected chi connectivity index (χ0v) is 19.8. The number of carbonyl (C=O) groups excluding carboxylic acids is 2. The summed E-state index contributed by atoms with van der Waals surface area (Å²) < 4.78 is 63.7. The molecule has 12 heteroatoms. The van der Waals surface area contributed by atoms with E-state index >= 15 is 0 Å². The monoisotopic (exact) mass is 520 g/mol. The molecule has 2 amide bonds. The molecule has 1 aliphatic heterocycles. The second-order valence-electron chi connectivity index (χ2n) is 8.92. The third-order valence-corrected chi connectivity index (χ3v) is 8.70. The summed E-state index contributed by atoms with van der Waals surface area (Å²) in [5.41, 5.74) is -0.518. The number of nitrogens with zero attached hydrogens (tertiary/aromatic N) is 3.